The molecular weight excluding hydrogens is 349 g/mol. The fourth-order valence-corrected chi connectivity index (χ4v) is 1.89. The maximum atomic E-state index is 13.6. The van der Waals surface area contributed by atoms with Crippen molar-refractivity contribution in [3.8, 4) is 11.5 Å². The first-order valence-electron chi connectivity index (χ1n) is 5.53. The zero-order valence-corrected chi connectivity index (χ0v) is 11.8. The van der Waals surface area contributed by atoms with Gasteiger partial charge in [-0.3, -0.25) is 10.1 Å². The normalized spacial score (nSPS) is 10.2. The summed E-state index contributed by atoms with van der Waals surface area (Å²) in [5.74, 6) is -2.47. The first kappa shape index (κ1) is 14.9. The SMILES string of the molecule is O=C(O)c1ccc(Oc2cc(Br)ccc2F)c([N+](=O)[O-])c1. The summed E-state index contributed by atoms with van der Waals surface area (Å²) < 4.78 is 19.3. The molecule has 2 aromatic rings. The highest BCUT2D eigenvalue weighted by Crippen LogP contribution is 2.34. The van der Waals surface area contributed by atoms with Crippen LogP contribution in [0.3, 0.4) is 0 Å². The molecule has 0 unspecified atom stereocenters. The molecule has 21 heavy (non-hydrogen) atoms. The van der Waals surface area contributed by atoms with Gasteiger partial charge in [-0.2, -0.15) is 0 Å². The molecule has 0 aromatic heterocycles. The van der Waals surface area contributed by atoms with Crippen molar-refractivity contribution in [1.29, 1.82) is 0 Å². The van der Waals surface area contributed by atoms with E-state index in [2.05, 4.69) is 15.9 Å². The number of benzene rings is 2. The highest BCUT2D eigenvalue weighted by molar-refractivity contribution is 9.10. The Balaban J connectivity index is 2.46. The van der Waals surface area contributed by atoms with E-state index in [1.54, 1.807) is 0 Å². The number of ether oxygens (including phenoxy) is 1. The lowest BCUT2D eigenvalue weighted by Gasteiger charge is -2.08. The Hall–Kier alpha value is -2.48. The number of nitro benzene ring substituents is 1. The molecule has 8 heteroatoms. The highest BCUT2D eigenvalue weighted by Gasteiger charge is 2.20. The summed E-state index contributed by atoms with van der Waals surface area (Å²) in [5, 5.41) is 19.8. The third-order valence-electron chi connectivity index (χ3n) is 2.52. The van der Waals surface area contributed by atoms with E-state index in [1.807, 2.05) is 0 Å². The van der Waals surface area contributed by atoms with E-state index in [-0.39, 0.29) is 17.1 Å². The van der Waals surface area contributed by atoms with Gasteiger partial charge in [0.25, 0.3) is 0 Å². The Morgan fingerprint density at radius 1 is 1.24 bits per heavy atom. The number of hydrogen-bond acceptors (Lipinski definition) is 4. The maximum absolute atomic E-state index is 13.6. The van der Waals surface area contributed by atoms with E-state index in [0.717, 1.165) is 24.3 Å². The molecule has 1 N–H and O–H groups in total. The standard InChI is InChI=1S/C13H7BrFNO5/c14-8-2-3-9(15)12(6-8)21-11-4-1-7(13(17)18)5-10(11)16(19)20/h1-6H,(H,17,18). The monoisotopic (exact) mass is 355 g/mol. The largest absolute Gasteiger partial charge is 0.478 e. The number of carboxylic acids is 1. The van der Waals surface area contributed by atoms with Crippen molar-refractivity contribution in [3.05, 3.63) is 62.4 Å². The smallest absolute Gasteiger partial charge is 0.335 e. The summed E-state index contributed by atoms with van der Waals surface area (Å²) >= 11 is 3.13. The summed E-state index contributed by atoms with van der Waals surface area (Å²) in [5.41, 5.74) is -0.821. The molecule has 0 aliphatic rings. The average molecular weight is 356 g/mol. The molecule has 0 atom stereocenters. The third kappa shape index (κ3) is 3.34. The lowest BCUT2D eigenvalue weighted by Crippen LogP contribution is -2.00. The first-order valence-corrected chi connectivity index (χ1v) is 6.32. The van der Waals surface area contributed by atoms with Crippen molar-refractivity contribution in [1.82, 2.24) is 0 Å². The van der Waals surface area contributed by atoms with Gasteiger partial charge in [0.15, 0.2) is 11.6 Å². The molecule has 0 saturated heterocycles. The van der Waals surface area contributed by atoms with E-state index in [4.69, 9.17) is 9.84 Å². The van der Waals surface area contributed by atoms with Crippen LogP contribution >= 0.6 is 15.9 Å². The van der Waals surface area contributed by atoms with Gasteiger partial charge < -0.3 is 9.84 Å². The molecule has 2 aromatic carbocycles. The first-order chi connectivity index (χ1) is 9.88. The minimum atomic E-state index is -1.31. The quantitative estimate of drug-likeness (QED) is 0.661. The van der Waals surface area contributed by atoms with Gasteiger partial charge >= 0.3 is 11.7 Å². The molecule has 0 aliphatic carbocycles. The summed E-state index contributed by atoms with van der Waals surface area (Å²) in [7, 11) is 0. The summed E-state index contributed by atoms with van der Waals surface area (Å²) in [6, 6.07) is 7.00. The van der Waals surface area contributed by atoms with Crippen LogP contribution < -0.4 is 4.74 Å². The molecule has 0 amide bonds. The summed E-state index contributed by atoms with van der Waals surface area (Å²) in [6.45, 7) is 0. The van der Waals surface area contributed by atoms with E-state index < -0.39 is 22.4 Å². The molecule has 0 aliphatic heterocycles. The Labute approximate surface area is 126 Å². The molecule has 0 spiro atoms. The van der Waals surface area contributed by atoms with E-state index >= 15 is 0 Å². The van der Waals surface area contributed by atoms with Crippen LogP contribution in [0.25, 0.3) is 0 Å². The van der Waals surface area contributed by atoms with Crippen LogP contribution in [0.1, 0.15) is 10.4 Å². The summed E-state index contributed by atoms with van der Waals surface area (Å²) in [4.78, 5) is 21.0. The fraction of sp³-hybridized carbons (Fsp3) is 0. The van der Waals surface area contributed by atoms with Gasteiger partial charge in [-0.05, 0) is 30.3 Å². The molecule has 0 radical (unpaired) electrons. The molecule has 108 valence electrons. The van der Waals surface area contributed by atoms with Crippen LogP contribution in [0, 0.1) is 15.9 Å². The molecule has 0 heterocycles. The van der Waals surface area contributed by atoms with E-state index in [9.17, 15) is 19.3 Å². The number of carboxylic acid groups (broad SMARTS) is 1. The van der Waals surface area contributed by atoms with Crippen LogP contribution in [-0.4, -0.2) is 16.0 Å². The fourth-order valence-electron chi connectivity index (χ4n) is 1.55. The van der Waals surface area contributed by atoms with Crippen molar-refractivity contribution < 1.29 is 24.0 Å². The van der Waals surface area contributed by atoms with E-state index in [0.29, 0.717) is 4.47 Å². The van der Waals surface area contributed by atoms with Crippen molar-refractivity contribution >= 4 is 27.6 Å². The number of nitro groups is 1. The van der Waals surface area contributed by atoms with Crippen LogP contribution in [0.5, 0.6) is 11.5 Å². The van der Waals surface area contributed by atoms with Gasteiger partial charge in [0, 0.05) is 10.5 Å². The van der Waals surface area contributed by atoms with Crippen molar-refractivity contribution in [2.45, 2.75) is 0 Å². The predicted molar refractivity (Wildman–Crippen MR) is 74.2 cm³/mol. The second kappa shape index (κ2) is 5.88. The lowest BCUT2D eigenvalue weighted by atomic mass is 10.2. The molecule has 2 rings (SSSR count). The number of hydrogen-bond donors (Lipinski definition) is 1. The van der Waals surface area contributed by atoms with Crippen LogP contribution in [0.15, 0.2) is 40.9 Å². The highest BCUT2D eigenvalue weighted by atomic mass is 79.9. The molecule has 0 saturated carbocycles. The lowest BCUT2D eigenvalue weighted by molar-refractivity contribution is -0.385. The van der Waals surface area contributed by atoms with Gasteiger partial charge in [0.1, 0.15) is 0 Å². The van der Waals surface area contributed by atoms with E-state index in [1.165, 1.54) is 12.1 Å². The van der Waals surface area contributed by atoms with Crippen molar-refractivity contribution in [2.75, 3.05) is 0 Å². The second-order valence-electron chi connectivity index (χ2n) is 3.92. The van der Waals surface area contributed by atoms with Crippen molar-refractivity contribution in [3.63, 3.8) is 0 Å². The van der Waals surface area contributed by atoms with Crippen LogP contribution in [0.2, 0.25) is 0 Å². The van der Waals surface area contributed by atoms with Crippen molar-refractivity contribution in [2.24, 2.45) is 0 Å². The molecule has 0 fully saturated rings. The Kier molecular flexibility index (Phi) is 4.18. The predicted octanol–water partition coefficient (Wildman–Crippen LogP) is 3.99. The average Bonchev–Trinajstić information content (AvgIpc) is 2.42. The molecule has 0 bridgehead atoms. The number of nitrogens with zero attached hydrogens (tertiary/aromatic N) is 1. The third-order valence-corrected chi connectivity index (χ3v) is 3.01. The van der Waals surface area contributed by atoms with Crippen LogP contribution in [-0.2, 0) is 0 Å². The number of aromatic carboxylic acids is 1. The minimum absolute atomic E-state index is 0.212. The van der Waals surface area contributed by atoms with Gasteiger partial charge in [-0.15, -0.1) is 0 Å². The topological polar surface area (TPSA) is 89.7 Å². The van der Waals surface area contributed by atoms with Gasteiger partial charge in [0.2, 0.25) is 5.75 Å². The number of carbonyl (C=O) groups is 1. The zero-order valence-electron chi connectivity index (χ0n) is 10.2. The Morgan fingerprint density at radius 2 is 1.95 bits per heavy atom. The number of halogens is 2. The summed E-state index contributed by atoms with van der Waals surface area (Å²) in [6.07, 6.45) is 0. The second-order valence-corrected chi connectivity index (χ2v) is 4.84. The minimum Gasteiger partial charge on any atom is -0.478 e. The zero-order chi connectivity index (χ0) is 15.6. The van der Waals surface area contributed by atoms with Gasteiger partial charge in [-0.1, -0.05) is 15.9 Å². The van der Waals surface area contributed by atoms with Crippen LogP contribution in [0.4, 0.5) is 10.1 Å². The van der Waals surface area contributed by atoms with Gasteiger partial charge in [-0.25, -0.2) is 9.18 Å². The molecule has 6 nitrogen and oxygen atoms in total. The number of rotatable bonds is 4. The Morgan fingerprint density at radius 3 is 2.57 bits per heavy atom. The van der Waals surface area contributed by atoms with Gasteiger partial charge in [0.05, 0.1) is 10.5 Å². The maximum Gasteiger partial charge on any atom is 0.335 e. The Bertz CT molecular complexity index is 734. The molecular formula is C13H7BrFNO5.